The molecular weight excluding hydrogens is 599 g/mol. The topological polar surface area (TPSA) is 51.8 Å². The zero-order valence-corrected chi connectivity index (χ0v) is 26.5. The zero-order valence-electron chi connectivity index (χ0n) is 26.5. The van der Waals surface area contributed by atoms with Gasteiger partial charge in [0.15, 0.2) is 17.5 Å². The molecule has 230 valence electrons. The number of nitrogens with zero attached hydrogens (tertiary/aromatic N) is 3. The first kappa shape index (κ1) is 28.6. The summed E-state index contributed by atoms with van der Waals surface area (Å²) in [6, 6.07) is 60.4. The Bertz CT molecular complexity index is 2580. The molecule has 9 aromatic rings. The Hall–Kier alpha value is -6.65. The van der Waals surface area contributed by atoms with Crippen molar-refractivity contribution < 1.29 is 4.42 Å². The summed E-state index contributed by atoms with van der Waals surface area (Å²) in [4.78, 5) is 15.2. The summed E-state index contributed by atoms with van der Waals surface area (Å²) in [7, 11) is 0. The fourth-order valence-electron chi connectivity index (χ4n) is 6.50. The first-order valence-corrected chi connectivity index (χ1v) is 16.4. The van der Waals surface area contributed by atoms with E-state index in [0.717, 1.165) is 66.4 Å². The molecule has 0 aliphatic rings. The fourth-order valence-corrected chi connectivity index (χ4v) is 6.50. The van der Waals surface area contributed by atoms with Crippen molar-refractivity contribution in [2.24, 2.45) is 0 Å². The van der Waals surface area contributed by atoms with Gasteiger partial charge in [-0.1, -0.05) is 146 Å². The monoisotopic (exact) mass is 627 g/mol. The van der Waals surface area contributed by atoms with Crippen LogP contribution in [0.15, 0.2) is 180 Å². The maximum atomic E-state index is 6.34. The largest absolute Gasteiger partial charge is 0.456 e. The highest BCUT2D eigenvalue weighted by molar-refractivity contribution is 6.13. The Balaban J connectivity index is 1.21. The van der Waals surface area contributed by atoms with Crippen LogP contribution in [0.4, 0.5) is 0 Å². The second-order valence-electron chi connectivity index (χ2n) is 12.1. The van der Waals surface area contributed by atoms with Crippen molar-refractivity contribution in [3.8, 4) is 67.5 Å². The highest BCUT2D eigenvalue weighted by Gasteiger charge is 2.17. The lowest BCUT2D eigenvalue weighted by atomic mass is 9.99. The van der Waals surface area contributed by atoms with Gasteiger partial charge >= 0.3 is 0 Å². The predicted molar refractivity (Wildman–Crippen MR) is 200 cm³/mol. The summed E-state index contributed by atoms with van der Waals surface area (Å²) in [6.45, 7) is 0. The second-order valence-corrected chi connectivity index (χ2v) is 12.1. The van der Waals surface area contributed by atoms with E-state index in [4.69, 9.17) is 19.4 Å². The number of hydrogen-bond donors (Lipinski definition) is 0. The first-order chi connectivity index (χ1) is 24.3. The lowest BCUT2D eigenvalue weighted by molar-refractivity contribution is 0.669. The van der Waals surface area contributed by atoms with Crippen molar-refractivity contribution >= 4 is 21.9 Å². The van der Waals surface area contributed by atoms with Crippen molar-refractivity contribution in [2.45, 2.75) is 0 Å². The van der Waals surface area contributed by atoms with Gasteiger partial charge < -0.3 is 4.42 Å². The SMILES string of the molecule is c1ccc(-c2ccc(-c3nc(-c4cccc(-c5ccccc5)c4)nc(-c4ccc5oc6cccc(-c7ccccc7)c6c5c4)n3)cc2)cc1. The van der Waals surface area contributed by atoms with Crippen LogP contribution in [0.3, 0.4) is 0 Å². The summed E-state index contributed by atoms with van der Waals surface area (Å²) >= 11 is 0. The molecule has 0 fully saturated rings. The molecule has 0 atom stereocenters. The standard InChI is InChI=1S/C45H29N3O/c1-4-12-30(13-5-1)32-22-24-34(25-23-32)43-46-44(36-19-10-18-35(28-36)31-14-6-2-7-15-31)48-45(47-43)37-26-27-40-39(29-37)42-38(20-11-21-41(42)49-40)33-16-8-3-9-17-33/h1-29H. The van der Waals surface area contributed by atoms with Crippen molar-refractivity contribution in [3.05, 3.63) is 176 Å². The van der Waals surface area contributed by atoms with Gasteiger partial charge in [-0.3, -0.25) is 0 Å². The van der Waals surface area contributed by atoms with E-state index in [-0.39, 0.29) is 0 Å². The van der Waals surface area contributed by atoms with Crippen LogP contribution >= 0.6 is 0 Å². The maximum absolute atomic E-state index is 6.34. The lowest BCUT2D eigenvalue weighted by Gasteiger charge is -2.10. The smallest absolute Gasteiger partial charge is 0.164 e. The molecule has 0 bridgehead atoms. The summed E-state index contributed by atoms with van der Waals surface area (Å²) in [5.41, 5.74) is 11.2. The third kappa shape index (κ3) is 5.45. The molecule has 0 unspecified atom stereocenters. The highest BCUT2D eigenvalue weighted by Crippen LogP contribution is 2.38. The molecule has 0 aliphatic carbocycles. The molecule has 49 heavy (non-hydrogen) atoms. The average Bonchev–Trinajstić information content (AvgIpc) is 3.57. The van der Waals surface area contributed by atoms with Crippen LogP contribution in [0.2, 0.25) is 0 Å². The molecule has 0 radical (unpaired) electrons. The van der Waals surface area contributed by atoms with E-state index >= 15 is 0 Å². The Morgan fingerprint density at radius 2 is 0.776 bits per heavy atom. The molecule has 4 heteroatoms. The number of furan rings is 1. The van der Waals surface area contributed by atoms with Gasteiger partial charge in [-0.15, -0.1) is 0 Å². The van der Waals surface area contributed by atoms with Crippen LogP contribution in [0.1, 0.15) is 0 Å². The van der Waals surface area contributed by atoms with Gasteiger partial charge in [0, 0.05) is 27.5 Å². The molecular formula is C45H29N3O. The molecule has 2 aromatic heterocycles. The van der Waals surface area contributed by atoms with E-state index in [2.05, 4.69) is 133 Å². The molecule has 0 saturated heterocycles. The van der Waals surface area contributed by atoms with E-state index in [9.17, 15) is 0 Å². The highest BCUT2D eigenvalue weighted by atomic mass is 16.3. The third-order valence-electron chi connectivity index (χ3n) is 8.95. The summed E-state index contributed by atoms with van der Waals surface area (Å²) in [6.07, 6.45) is 0. The van der Waals surface area contributed by atoms with Gasteiger partial charge in [0.2, 0.25) is 0 Å². The molecule has 0 spiro atoms. The Kier molecular flexibility index (Phi) is 7.10. The normalized spacial score (nSPS) is 11.3. The quantitative estimate of drug-likeness (QED) is 0.184. The molecule has 0 amide bonds. The van der Waals surface area contributed by atoms with Crippen molar-refractivity contribution in [3.63, 3.8) is 0 Å². The van der Waals surface area contributed by atoms with Crippen molar-refractivity contribution in [1.82, 2.24) is 15.0 Å². The number of hydrogen-bond acceptors (Lipinski definition) is 4. The van der Waals surface area contributed by atoms with Gasteiger partial charge in [-0.2, -0.15) is 0 Å². The Labute approximate surface area is 284 Å². The van der Waals surface area contributed by atoms with Crippen LogP contribution < -0.4 is 0 Å². The maximum Gasteiger partial charge on any atom is 0.164 e. The summed E-state index contributed by atoms with van der Waals surface area (Å²) < 4.78 is 6.34. The lowest BCUT2D eigenvalue weighted by Crippen LogP contribution is -2.00. The molecule has 9 rings (SSSR count). The van der Waals surface area contributed by atoms with Crippen LogP contribution in [-0.4, -0.2) is 15.0 Å². The van der Waals surface area contributed by atoms with Gasteiger partial charge in [0.05, 0.1) is 0 Å². The van der Waals surface area contributed by atoms with E-state index in [1.165, 1.54) is 5.56 Å². The second kappa shape index (κ2) is 12.2. The average molecular weight is 628 g/mol. The van der Waals surface area contributed by atoms with Crippen LogP contribution in [0, 0.1) is 0 Å². The van der Waals surface area contributed by atoms with Gasteiger partial charge in [0.1, 0.15) is 11.2 Å². The van der Waals surface area contributed by atoms with Crippen molar-refractivity contribution in [1.29, 1.82) is 0 Å². The zero-order chi connectivity index (χ0) is 32.6. The van der Waals surface area contributed by atoms with E-state index in [0.29, 0.717) is 17.5 Å². The Morgan fingerprint density at radius 3 is 1.45 bits per heavy atom. The molecule has 0 aliphatic heterocycles. The number of benzene rings is 7. The fraction of sp³-hybridized carbons (Fsp3) is 0. The van der Waals surface area contributed by atoms with Gasteiger partial charge in [-0.05, 0) is 63.7 Å². The predicted octanol–water partition coefficient (Wildman–Crippen LogP) is 11.8. The molecule has 2 heterocycles. The molecule has 0 N–H and O–H groups in total. The molecule has 0 saturated carbocycles. The van der Waals surface area contributed by atoms with Crippen LogP contribution in [-0.2, 0) is 0 Å². The van der Waals surface area contributed by atoms with E-state index < -0.39 is 0 Å². The number of aromatic nitrogens is 3. The Morgan fingerprint density at radius 1 is 0.306 bits per heavy atom. The third-order valence-corrected chi connectivity index (χ3v) is 8.95. The number of fused-ring (bicyclic) bond motifs is 3. The van der Waals surface area contributed by atoms with Crippen molar-refractivity contribution in [2.75, 3.05) is 0 Å². The minimum atomic E-state index is 0.602. The first-order valence-electron chi connectivity index (χ1n) is 16.4. The molecule has 7 aromatic carbocycles. The van der Waals surface area contributed by atoms with E-state index in [1.807, 2.05) is 42.5 Å². The van der Waals surface area contributed by atoms with E-state index in [1.54, 1.807) is 0 Å². The minimum absolute atomic E-state index is 0.602. The number of rotatable bonds is 6. The van der Waals surface area contributed by atoms with Gasteiger partial charge in [0.25, 0.3) is 0 Å². The van der Waals surface area contributed by atoms with Crippen LogP contribution in [0.25, 0.3) is 89.5 Å². The summed E-state index contributed by atoms with van der Waals surface area (Å²) in [5.74, 6) is 1.84. The molecule has 4 nitrogen and oxygen atoms in total. The minimum Gasteiger partial charge on any atom is -0.456 e. The van der Waals surface area contributed by atoms with Gasteiger partial charge in [-0.25, -0.2) is 15.0 Å². The van der Waals surface area contributed by atoms with Crippen LogP contribution in [0.5, 0.6) is 0 Å². The summed E-state index contributed by atoms with van der Waals surface area (Å²) in [5, 5.41) is 2.10.